The van der Waals surface area contributed by atoms with Gasteiger partial charge in [-0.1, -0.05) is 26.7 Å². The van der Waals surface area contributed by atoms with Crippen LogP contribution in [0.4, 0.5) is 4.39 Å². The highest BCUT2D eigenvalue weighted by Crippen LogP contribution is 2.43. The van der Waals surface area contributed by atoms with Gasteiger partial charge in [-0.15, -0.1) is 0 Å². The third kappa shape index (κ3) is 2.51. The summed E-state index contributed by atoms with van der Waals surface area (Å²) in [4.78, 5) is 0. The van der Waals surface area contributed by atoms with Crippen LogP contribution in [0, 0.1) is 5.82 Å². The molecule has 0 amide bonds. The molecule has 0 radical (unpaired) electrons. The van der Waals surface area contributed by atoms with Crippen LogP contribution in [-0.2, 0) is 0 Å². The van der Waals surface area contributed by atoms with Gasteiger partial charge in [0.2, 0.25) is 0 Å². The van der Waals surface area contributed by atoms with Crippen molar-refractivity contribution in [1.82, 2.24) is 0 Å². The molecule has 3 heteroatoms. The van der Waals surface area contributed by atoms with Crippen LogP contribution in [0.5, 0.6) is 5.75 Å². The van der Waals surface area contributed by atoms with Gasteiger partial charge in [-0.25, -0.2) is 4.39 Å². The number of hydrogen-bond acceptors (Lipinski definition) is 2. The van der Waals surface area contributed by atoms with Gasteiger partial charge >= 0.3 is 0 Å². The van der Waals surface area contributed by atoms with E-state index in [4.69, 9.17) is 4.74 Å². The van der Waals surface area contributed by atoms with E-state index in [1.54, 1.807) is 6.07 Å². The quantitative estimate of drug-likeness (QED) is 0.878. The van der Waals surface area contributed by atoms with Crippen molar-refractivity contribution in [1.29, 1.82) is 0 Å². The van der Waals surface area contributed by atoms with Gasteiger partial charge in [-0.3, -0.25) is 0 Å². The van der Waals surface area contributed by atoms with E-state index in [0.717, 1.165) is 25.7 Å². The third-order valence-electron chi connectivity index (χ3n) is 3.63. The summed E-state index contributed by atoms with van der Waals surface area (Å²) in [6.07, 6.45) is 3.82. The molecule has 100 valence electrons. The van der Waals surface area contributed by atoms with Crippen molar-refractivity contribution in [3.05, 3.63) is 29.6 Å². The lowest BCUT2D eigenvalue weighted by Gasteiger charge is -2.41. The number of ether oxygens (including phenoxy) is 1. The molecule has 0 aliphatic carbocycles. The minimum absolute atomic E-state index is 0.284. The van der Waals surface area contributed by atoms with Crippen LogP contribution < -0.4 is 4.74 Å². The molecule has 1 aromatic carbocycles. The number of benzene rings is 1. The zero-order valence-electron chi connectivity index (χ0n) is 11.1. The highest BCUT2D eigenvalue weighted by atomic mass is 19.1. The van der Waals surface area contributed by atoms with Crippen molar-refractivity contribution in [2.75, 3.05) is 0 Å². The predicted molar refractivity (Wildman–Crippen MR) is 69.2 cm³/mol. The Labute approximate surface area is 108 Å². The molecule has 0 saturated heterocycles. The van der Waals surface area contributed by atoms with Gasteiger partial charge in [0.1, 0.15) is 17.2 Å². The highest BCUT2D eigenvalue weighted by molar-refractivity contribution is 5.38. The zero-order chi connectivity index (χ0) is 13.2. The topological polar surface area (TPSA) is 29.5 Å². The molecule has 1 heterocycles. The molecule has 1 unspecified atom stereocenters. The largest absolute Gasteiger partial charge is 0.487 e. The SMILES string of the molecule is CCCC1(CCC)CC(O)c2cc(F)ccc2O1. The van der Waals surface area contributed by atoms with Crippen molar-refractivity contribution < 1.29 is 14.2 Å². The Bertz CT molecular complexity index is 411. The van der Waals surface area contributed by atoms with Gasteiger partial charge < -0.3 is 9.84 Å². The number of rotatable bonds is 4. The number of aliphatic hydroxyl groups is 1. The van der Waals surface area contributed by atoms with Crippen molar-refractivity contribution in [2.45, 2.75) is 57.7 Å². The molecule has 1 aliphatic heterocycles. The minimum atomic E-state index is -0.623. The Balaban J connectivity index is 2.32. The van der Waals surface area contributed by atoms with Crippen LogP contribution in [0.1, 0.15) is 57.6 Å². The van der Waals surface area contributed by atoms with Crippen molar-refractivity contribution in [2.24, 2.45) is 0 Å². The first-order valence-corrected chi connectivity index (χ1v) is 6.77. The van der Waals surface area contributed by atoms with Gasteiger partial charge in [-0.05, 0) is 31.0 Å². The second-order valence-electron chi connectivity index (χ2n) is 5.19. The van der Waals surface area contributed by atoms with E-state index in [9.17, 15) is 9.50 Å². The molecule has 0 saturated carbocycles. The normalized spacial score (nSPS) is 21.2. The lowest BCUT2D eigenvalue weighted by molar-refractivity contribution is -0.0270. The molecule has 1 aliphatic rings. The lowest BCUT2D eigenvalue weighted by Crippen LogP contribution is -2.41. The van der Waals surface area contributed by atoms with Crippen molar-refractivity contribution in [3.63, 3.8) is 0 Å². The Morgan fingerprint density at radius 1 is 1.33 bits per heavy atom. The van der Waals surface area contributed by atoms with E-state index in [0.29, 0.717) is 17.7 Å². The zero-order valence-corrected chi connectivity index (χ0v) is 11.1. The van der Waals surface area contributed by atoms with Crippen LogP contribution in [0.2, 0.25) is 0 Å². The summed E-state index contributed by atoms with van der Waals surface area (Å²) in [5.74, 6) is 0.312. The van der Waals surface area contributed by atoms with Crippen molar-refractivity contribution in [3.8, 4) is 5.75 Å². The molecular formula is C15H21FO2. The summed E-state index contributed by atoms with van der Waals surface area (Å²) in [6.45, 7) is 4.24. The highest BCUT2D eigenvalue weighted by Gasteiger charge is 2.39. The Hall–Kier alpha value is -1.09. The van der Waals surface area contributed by atoms with E-state index in [1.165, 1.54) is 12.1 Å². The minimum Gasteiger partial charge on any atom is -0.487 e. The Morgan fingerprint density at radius 2 is 2.00 bits per heavy atom. The summed E-state index contributed by atoms with van der Waals surface area (Å²) in [7, 11) is 0. The molecule has 2 nitrogen and oxygen atoms in total. The third-order valence-corrected chi connectivity index (χ3v) is 3.63. The number of halogens is 1. The maximum atomic E-state index is 13.2. The van der Waals surface area contributed by atoms with Crippen LogP contribution in [0.25, 0.3) is 0 Å². The molecule has 18 heavy (non-hydrogen) atoms. The van der Waals surface area contributed by atoms with Crippen LogP contribution in [0.3, 0.4) is 0 Å². The molecule has 0 aromatic heterocycles. The predicted octanol–water partition coefficient (Wildman–Crippen LogP) is 3.98. The fourth-order valence-corrected chi connectivity index (χ4v) is 2.95. The summed E-state index contributed by atoms with van der Waals surface area (Å²) >= 11 is 0. The second-order valence-corrected chi connectivity index (χ2v) is 5.19. The monoisotopic (exact) mass is 252 g/mol. The van der Waals surface area contributed by atoms with Crippen molar-refractivity contribution >= 4 is 0 Å². The molecule has 0 fully saturated rings. The first-order chi connectivity index (χ1) is 8.60. The number of aliphatic hydroxyl groups excluding tert-OH is 1. The molecule has 0 bridgehead atoms. The van der Waals surface area contributed by atoms with E-state index in [-0.39, 0.29) is 11.4 Å². The van der Waals surface area contributed by atoms with Gasteiger partial charge in [0, 0.05) is 12.0 Å². The average molecular weight is 252 g/mol. The fraction of sp³-hybridized carbons (Fsp3) is 0.600. The molecule has 2 rings (SSSR count). The number of hydrogen-bond donors (Lipinski definition) is 1. The van der Waals surface area contributed by atoms with E-state index < -0.39 is 6.10 Å². The van der Waals surface area contributed by atoms with Gasteiger partial charge in [-0.2, -0.15) is 0 Å². The summed E-state index contributed by atoms with van der Waals surface area (Å²) in [6, 6.07) is 4.40. The average Bonchev–Trinajstić information content (AvgIpc) is 2.31. The van der Waals surface area contributed by atoms with Crippen LogP contribution in [-0.4, -0.2) is 10.7 Å². The van der Waals surface area contributed by atoms with E-state index >= 15 is 0 Å². The summed E-state index contributed by atoms with van der Waals surface area (Å²) < 4.78 is 19.3. The molecule has 1 atom stereocenters. The van der Waals surface area contributed by atoms with Crippen LogP contribution >= 0.6 is 0 Å². The van der Waals surface area contributed by atoms with E-state index in [1.807, 2.05) is 0 Å². The maximum absolute atomic E-state index is 13.2. The first-order valence-electron chi connectivity index (χ1n) is 6.77. The summed E-state index contributed by atoms with van der Waals surface area (Å²) in [5, 5.41) is 10.2. The maximum Gasteiger partial charge on any atom is 0.126 e. The lowest BCUT2D eigenvalue weighted by atomic mass is 9.82. The Kier molecular flexibility index (Phi) is 3.91. The Morgan fingerprint density at radius 3 is 2.61 bits per heavy atom. The van der Waals surface area contributed by atoms with Gasteiger partial charge in [0.15, 0.2) is 0 Å². The molecule has 0 spiro atoms. The first kappa shape index (κ1) is 13.3. The smallest absolute Gasteiger partial charge is 0.126 e. The van der Waals surface area contributed by atoms with E-state index in [2.05, 4.69) is 13.8 Å². The van der Waals surface area contributed by atoms with Crippen LogP contribution in [0.15, 0.2) is 18.2 Å². The standard InChI is InChI=1S/C15H21FO2/c1-3-7-15(8-4-2)10-13(17)12-9-11(16)5-6-14(12)18-15/h5-6,9,13,17H,3-4,7-8,10H2,1-2H3. The summed E-state index contributed by atoms with van der Waals surface area (Å²) in [5.41, 5.74) is 0.297. The molecular weight excluding hydrogens is 231 g/mol. The fourth-order valence-electron chi connectivity index (χ4n) is 2.95. The molecule has 1 aromatic rings. The van der Waals surface area contributed by atoms with Gasteiger partial charge in [0.25, 0.3) is 0 Å². The molecule has 1 N–H and O–H groups in total. The van der Waals surface area contributed by atoms with Gasteiger partial charge in [0.05, 0.1) is 6.10 Å². The number of fused-ring (bicyclic) bond motifs is 1. The second kappa shape index (κ2) is 5.27.